The van der Waals surface area contributed by atoms with Crippen molar-refractivity contribution >= 4 is 40.0 Å². The van der Waals surface area contributed by atoms with E-state index in [1.165, 1.54) is 5.48 Å². The largest absolute Gasteiger partial charge is 0.368 e. The van der Waals surface area contributed by atoms with Gasteiger partial charge in [0.15, 0.2) is 0 Å². The Labute approximate surface area is 184 Å². The molecule has 4 rings (SSSR count). The number of carbonyl (C=O) groups excluding carboxylic acids is 3. The van der Waals surface area contributed by atoms with E-state index in [1.54, 1.807) is 24.3 Å². The number of para-hydroxylation sites is 3. The summed E-state index contributed by atoms with van der Waals surface area (Å²) < 4.78 is 5.67. The minimum atomic E-state index is -1.09. The molecule has 2 aromatic carbocycles. The Balaban J connectivity index is 1.69. The Kier molecular flexibility index (Phi) is 6.48. The fourth-order valence-corrected chi connectivity index (χ4v) is 3.81. The smallest absolute Gasteiger partial charge is 0.258 e. The van der Waals surface area contributed by atoms with Gasteiger partial charge in [0, 0.05) is 23.2 Å². The molecule has 0 spiro atoms. The van der Waals surface area contributed by atoms with Crippen LogP contribution in [0.5, 0.6) is 0 Å². The van der Waals surface area contributed by atoms with Crippen LogP contribution in [0.1, 0.15) is 35.3 Å². The summed E-state index contributed by atoms with van der Waals surface area (Å²) in [5, 5.41) is 15.3. The van der Waals surface area contributed by atoms with Crippen molar-refractivity contribution in [3.8, 4) is 0 Å². The molecule has 3 aromatic rings. The topological polar surface area (TPSA) is 133 Å². The summed E-state index contributed by atoms with van der Waals surface area (Å²) in [6, 6.07) is 14.4. The Bertz CT molecular complexity index is 1160. The van der Waals surface area contributed by atoms with Crippen LogP contribution in [0.3, 0.4) is 0 Å². The summed E-state index contributed by atoms with van der Waals surface area (Å²) >= 11 is 0. The van der Waals surface area contributed by atoms with E-state index in [-0.39, 0.29) is 18.9 Å². The van der Waals surface area contributed by atoms with Gasteiger partial charge < -0.3 is 20.4 Å². The van der Waals surface area contributed by atoms with Gasteiger partial charge in [0.2, 0.25) is 5.91 Å². The maximum Gasteiger partial charge on any atom is 0.258 e. The summed E-state index contributed by atoms with van der Waals surface area (Å²) in [4.78, 5) is 41.1. The lowest BCUT2D eigenvalue weighted by Gasteiger charge is -2.19. The van der Waals surface area contributed by atoms with Gasteiger partial charge >= 0.3 is 0 Å². The van der Waals surface area contributed by atoms with Crippen LogP contribution in [0.4, 0.5) is 11.4 Å². The van der Waals surface area contributed by atoms with Gasteiger partial charge in [-0.15, -0.1) is 0 Å². The van der Waals surface area contributed by atoms with Crippen molar-refractivity contribution in [3.63, 3.8) is 0 Å². The van der Waals surface area contributed by atoms with Crippen molar-refractivity contribution in [1.29, 1.82) is 0 Å². The summed E-state index contributed by atoms with van der Waals surface area (Å²) in [5.74, 6) is -1.54. The van der Waals surface area contributed by atoms with E-state index in [9.17, 15) is 14.4 Å². The van der Waals surface area contributed by atoms with Crippen LogP contribution >= 0.6 is 0 Å². The number of hydroxylamine groups is 1. The highest BCUT2D eigenvalue weighted by Crippen LogP contribution is 2.28. The van der Waals surface area contributed by atoms with Crippen molar-refractivity contribution in [2.24, 2.45) is 0 Å². The van der Waals surface area contributed by atoms with E-state index in [0.717, 1.165) is 16.6 Å². The van der Waals surface area contributed by atoms with Gasteiger partial charge in [-0.25, -0.2) is 5.48 Å². The van der Waals surface area contributed by atoms with Gasteiger partial charge in [-0.3, -0.25) is 19.6 Å². The molecule has 166 valence electrons. The molecule has 1 aliphatic heterocycles. The molecule has 0 bridgehead atoms. The van der Waals surface area contributed by atoms with Crippen molar-refractivity contribution < 1.29 is 24.3 Å². The number of benzene rings is 2. The molecule has 32 heavy (non-hydrogen) atoms. The van der Waals surface area contributed by atoms with Gasteiger partial charge in [-0.2, -0.15) is 0 Å². The molecule has 0 radical (unpaired) electrons. The number of aromatic nitrogens is 1. The molecule has 5 N–H and O–H groups in total. The molecular weight excluding hydrogens is 412 g/mol. The maximum absolute atomic E-state index is 13.3. The van der Waals surface area contributed by atoms with Crippen LogP contribution in [0, 0.1) is 0 Å². The van der Waals surface area contributed by atoms with Gasteiger partial charge in [0.05, 0.1) is 23.4 Å². The zero-order chi connectivity index (χ0) is 22.5. The Morgan fingerprint density at radius 3 is 2.53 bits per heavy atom. The van der Waals surface area contributed by atoms with Crippen LogP contribution in [0.2, 0.25) is 0 Å². The Morgan fingerprint density at radius 1 is 1.03 bits per heavy atom. The van der Waals surface area contributed by atoms with Crippen LogP contribution in [0.25, 0.3) is 10.9 Å². The summed E-state index contributed by atoms with van der Waals surface area (Å²) in [5.41, 5.74) is 4.62. The molecule has 0 unspecified atom stereocenters. The summed E-state index contributed by atoms with van der Waals surface area (Å²) in [7, 11) is 0. The lowest BCUT2D eigenvalue weighted by atomic mass is 10.1. The Hall–Kier alpha value is -3.69. The molecule has 1 aliphatic rings. The molecule has 1 atom stereocenters. The van der Waals surface area contributed by atoms with Crippen molar-refractivity contribution in [3.05, 3.63) is 59.8 Å². The number of anilines is 2. The minimum Gasteiger partial charge on any atom is -0.368 e. The normalized spacial score (nSPS) is 17.5. The third-order valence-electron chi connectivity index (χ3n) is 5.37. The lowest BCUT2D eigenvalue weighted by Crippen LogP contribution is -2.36. The molecule has 2 heterocycles. The van der Waals surface area contributed by atoms with Crippen molar-refractivity contribution in [1.82, 2.24) is 10.5 Å². The number of aromatic amines is 1. The first-order chi connectivity index (χ1) is 15.6. The molecule has 0 fully saturated rings. The van der Waals surface area contributed by atoms with E-state index in [4.69, 9.17) is 9.94 Å². The maximum atomic E-state index is 13.3. The zero-order valence-electron chi connectivity index (χ0n) is 17.3. The van der Waals surface area contributed by atoms with E-state index >= 15 is 0 Å². The number of hydrogen-bond donors (Lipinski definition) is 5. The second kappa shape index (κ2) is 9.63. The number of aryl methyl sites for hydroxylation is 1. The van der Waals surface area contributed by atoms with Gasteiger partial charge in [-0.1, -0.05) is 30.3 Å². The number of rotatable bonds is 2. The molecular formula is C23H24N4O5. The van der Waals surface area contributed by atoms with Crippen LogP contribution < -0.4 is 16.1 Å². The predicted molar refractivity (Wildman–Crippen MR) is 119 cm³/mol. The van der Waals surface area contributed by atoms with Crippen LogP contribution in [-0.2, 0) is 20.7 Å². The fourth-order valence-electron chi connectivity index (χ4n) is 3.81. The number of ether oxygens (including phenoxy) is 1. The second-order valence-electron chi connectivity index (χ2n) is 7.57. The highest BCUT2D eigenvalue weighted by Gasteiger charge is 2.25. The quantitative estimate of drug-likeness (QED) is 0.311. The fraction of sp³-hybridized carbons (Fsp3) is 0.261. The molecule has 3 amide bonds. The van der Waals surface area contributed by atoms with Crippen molar-refractivity contribution in [2.45, 2.75) is 31.8 Å². The van der Waals surface area contributed by atoms with Gasteiger partial charge in [-0.05, 0) is 37.5 Å². The highest BCUT2D eigenvalue weighted by atomic mass is 16.5. The van der Waals surface area contributed by atoms with Crippen molar-refractivity contribution in [2.75, 3.05) is 17.2 Å². The molecule has 9 nitrogen and oxygen atoms in total. The van der Waals surface area contributed by atoms with E-state index < -0.39 is 17.9 Å². The first kappa shape index (κ1) is 21.5. The monoisotopic (exact) mass is 436 g/mol. The predicted octanol–water partition coefficient (Wildman–Crippen LogP) is 2.98. The van der Waals surface area contributed by atoms with Crippen LogP contribution in [-0.4, -0.2) is 40.6 Å². The van der Waals surface area contributed by atoms with E-state index in [1.807, 2.05) is 24.3 Å². The first-order valence-corrected chi connectivity index (χ1v) is 10.4. The number of carbonyl (C=O) groups is 3. The van der Waals surface area contributed by atoms with E-state index in [0.29, 0.717) is 36.2 Å². The number of hydrogen-bond acceptors (Lipinski definition) is 5. The molecule has 0 saturated heterocycles. The number of amides is 3. The van der Waals surface area contributed by atoms with Gasteiger partial charge in [0.1, 0.15) is 6.10 Å². The SMILES string of the molecule is O=C(C[C@@H]1OCCCCc2[nH]c3ccccc3c2C(=O)Nc2ccccc2NC1=O)NO. The Morgan fingerprint density at radius 2 is 1.75 bits per heavy atom. The molecule has 0 aliphatic carbocycles. The van der Waals surface area contributed by atoms with E-state index in [2.05, 4.69) is 15.6 Å². The average molecular weight is 436 g/mol. The number of nitrogens with one attached hydrogen (secondary N) is 4. The number of fused-ring (bicyclic) bond motifs is 4. The summed E-state index contributed by atoms with van der Waals surface area (Å²) in [6.45, 7) is 0.250. The van der Waals surface area contributed by atoms with Crippen LogP contribution in [0.15, 0.2) is 48.5 Å². The molecule has 0 saturated carbocycles. The summed E-state index contributed by atoms with van der Waals surface area (Å²) in [6.07, 6.45) is 0.541. The average Bonchev–Trinajstić information content (AvgIpc) is 3.17. The molecule has 1 aromatic heterocycles. The lowest BCUT2D eigenvalue weighted by molar-refractivity contribution is -0.138. The minimum absolute atomic E-state index is 0.250. The van der Waals surface area contributed by atoms with Gasteiger partial charge in [0.25, 0.3) is 11.8 Å². The third kappa shape index (κ3) is 4.63. The standard InChI is InChI=1S/C23H24N4O5/c28-20(27-31)13-19-22(29)25-16-9-3-4-10-17(16)26-23(30)21-14-7-1-2-8-15(14)24-18(21)11-5-6-12-32-19/h1-4,7-10,19,24,31H,5-6,11-13H2,(H,25,29)(H,26,30)(H,27,28)/t19-/m0/s1. The molecule has 9 heteroatoms. The first-order valence-electron chi connectivity index (χ1n) is 10.4. The highest BCUT2D eigenvalue weighted by molar-refractivity contribution is 6.15. The second-order valence-corrected chi connectivity index (χ2v) is 7.57. The third-order valence-corrected chi connectivity index (χ3v) is 5.37. The number of H-pyrrole nitrogens is 1. The zero-order valence-corrected chi connectivity index (χ0v) is 17.3.